The Morgan fingerprint density at radius 3 is 1.80 bits per heavy atom. The molecule has 3 rings (SSSR count). The van der Waals surface area contributed by atoms with E-state index in [9.17, 15) is 25.2 Å². The van der Waals surface area contributed by atoms with Gasteiger partial charge in [-0.05, 0) is 12.1 Å². The topological polar surface area (TPSA) is 214 Å². The fourth-order valence-corrected chi connectivity index (χ4v) is 3.02. The van der Waals surface area contributed by atoms with Gasteiger partial charge in [0.15, 0.2) is 12.3 Å². The second-order valence-corrected chi connectivity index (χ2v) is 6.80. The van der Waals surface area contributed by atoms with Crippen LogP contribution >= 0.6 is 12.3 Å². The van der Waals surface area contributed by atoms with Gasteiger partial charge in [0.2, 0.25) is 18.5 Å². The monoisotopic (exact) mass is 452 g/mol. The van der Waals surface area contributed by atoms with E-state index in [1.54, 1.807) is 18.3 Å². The molecule has 0 aromatic carbocycles. The predicted molar refractivity (Wildman–Crippen MR) is 98.0 cm³/mol. The number of carbonyl (C=O) groups is 1. The Hall–Kier alpha value is -1.43. The number of hydrogen-bond donors (Lipinski definition) is 7. The SMILES string of the molecule is NC(=O)c1cccnc1.OC[C@H]1OC(OSOC2O[C@H](CO)[C@@H](O)[C@H]2O)[C@H](O)[C@@H]1O. The number of hydrogen-bond acceptors (Lipinski definition) is 13. The maximum absolute atomic E-state index is 10.4. The van der Waals surface area contributed by atoms with Crippen molar-refractivity contribution in [1.82, 2.24) is 4.98 Å². The lowest BCUT2D eigenvalue weighted by Gasteiger charge is -2.17. The van der Waals surface area contributed by atoms with Gasteiger partial charge in [0.1, 0.15) is 36.6 Å². The third-order valence-corrected chi connectivity index (χ3v) is 4.75. The first-order valence-corrected chi connectivity index (χ1v) is 9.40. The van der Waals surface area contributed by atoms with Crippen LogP contribution in [-0.4, -0.2) is 104 Å². The summed E-state index contributed by atoms with van der Waals surface area (Å²) >= 11 is 0.329. The van der Waals surface area contributed by atoms with Gasteiger partial charge in [-0.1, -0.05) is 0 Å². The zero-order chi connectivity index (χ0) is 22.3. The maximum Gasteiger partial charge on any atom is 0.250 e. The van der Waals surface area contributed by atoms with Crippen LogP contribution in [0.1, 0.15) is 10.4 Å². The summed E-state index contributed by atoms with van der Waals surface area (Å²) in [5, 5.41) is 56.0. The minimum absolute atomic E-state index is 0.329. The molecule has 14 heteroatoms. The molecule has 1 aromatic heterocycles. The van der Waals surface area contributed by atoms with Gasteiger partial charge < -0.3 is 45.8 Å². The molecule has 2 aliphatic heterocycles. The molecule has 0 radical (unpaired) electrons. The van der Waals surface area contributed by atoms with Crippen molar-refractivity contribution < 1.29 is 53.3 Å². The molecule has 0 saturated carbocycles. The van der Waals surface area contributed by atoms with Gasteiger partial charge in [0, 0.05) is 12.4 Å². The number of nitrogens with two attached hydrogens (primary N) is 1. The van der Waals surface area contributed by atoms with Gasteiger partial charge in [0.05, 0.1) is 18.8 Å². The first-order chi connectivity index (χ1) is 14.3. The second-order valence-electron chi connectivity index (χ2n) is 6.28. The molecule has 1 amide bonds. The third kappa shape index (κ3) is 6.29. The van der Waals surface area contributed by atoms with Crippen molar-refractivity contribution in [2.75, 3.05) is 13.2 Å². The lowest BCUT2D eigenvalue weighted by molar-refractivity contribution is -0.132. The molecule has 2 fully saturated rings. The van der Waals surface area contributed by atoms with Crippen LogP contribution in [0.5, 0.6) is 0 Å². The molecule has 2 unspecified atom stereocenters. The van der Waals surface area contributed by atoms with Gasteiger partial charge in [-0.25, -0.2) is 0 Å². The quantitative estimate of drug-likeness (QED) is 0.202. The highest BCUT2D eigenvalue weighted by Crippen LogP contribution is 2.29. The van der Waals surface area contributed by atoms with Crippen molar-refractivity contribution in [2.45, 2.75) is 49.2 Å². The molecule has 170 valence electrons. The molecule has 3 heterocycles. The van der Waals surface area contributed by atoms with E-state index in [0.29, 0.717) is 17.9 Å². The van der Waals surface area contributed by atoms with E-state index in [2.05, 4.69) is 4.98 Å². The normalized spacial score (nSPS) is 35.7. The summed E-state index contributed by atoms with van der Waals surface area (Å²) < 4.78 is 19.9. The number of aromatic nitrogens is 1. The first-order valence-electron chi connectivity index (χ1n) is 8.73. The Labute approximate surface area is 175 Å². The van der Waals surface area contributed by atoms with E-state index in [0.717, 1.165) is 0 Å². The van der Waals surface area contributed by atoms with E-state index in [4.69, 9.17) is 33.8 Å². The van der Waals surface area contributed by atoms with Crippen molar-refractivity contribution in [3.05, 3.63) is 30.1 Å². The highest BCUT2D eigenvalue weighted by atomic mass is 32.2. The number of primary amides is 1. The average Bonchev–Trinajstić information content (AvgIpc) is 3.19. The van der Waals surface area contributed by atoms with Crippen molar-refractivity contribution in [2.24, 2.45) is 5.73 Å². The van der Waals surface area contributed by atoms with Crippen molar-refractivity contribution in [3.63, 3.8) is 0 Å². The molecular formula is C16H24N2O11S. The van der Waals surface area contributed by atoms with Crippen LogP contribution in [0.15, 0.2) is 24.5 Å². The van der Waals surface area contributed by atoms with E-state index in [-0.39, 0.29) is 0 Å². The summed E-state index contributed by atoms with van der Waals surface area (Å²) in [4.78, 5) is 14.1. The van der Waals surface area contributed by atoms with Gasteiger partial charge >= 0.3 is 0 Å². The predicted octanol–water partition coefficient (Wildman–Crippen LogP) is -3.36. The van der Waals surface area contributed by atoms with E-state index in [1.165, 1.54) is 6.20 Å². The van der Waals surface area contributed by atoms with E-state index in [1.807, 2.05) is 0 Å². The number of carbonyl (C=O) groups excluding carboxylic acids is 1. The summed E-state index contributed by atoms with van der Waals surface area (Å²) in [6.07, 6.45) is -6.73. The number of amides is 1. The van der Waals surface area contributed by atoms with Crippen LogP contribution in [-0.2, 0) is 17.8 Å². The second kappa shape index (κ2) is 11.8. The van der Waals surface area contributed by atoms with Gasteiger partial charge in [-0.15, -0.1) is 0 Å². The fraction of sp³-hybridized carbons (Fsp3) is 0.625. The van der Waals surface area contributed by atoms with Crippen molar-refractivity contribution in [3.8, 4) is 0 Å². The van der Waals surface area contributed by atoms with Crippen molar-refractivity contribution in [1.29, 1.82) is 0 Å². The Morgan fingerprint density at radius 2 is 1.50 bits per heavy atom. The molecule has 13 nitrogen and oxygen atoms in total. The van der Waals surface area contributed by atoms with Crippen LogP contribution in [0.2, 0.25) is 0 Å². The minimum atomic E-state index is -1.37. The largest absolute Gasteiger partial charge is 0.394 e. The van der Waals surface area contributed by atoms with Crippen LogP contribution in [0.4, 0.5) is 0 Å². The zero-order valence-electron chi connectivity index (χ0n) is 15.5. The maximum atomic E-state index is 10.4. The summed E-state index contributed by atoms with van der Waals surface area (Å²) in [6, 6.07) is 3.29. The molecule has 0 spiro atoms. The van der Waals surface area contributed by atoms with Crippen LogP contribution < -0.4 is 5.73 Å². The molecule has 8 N–H and O–H groups in total. The molecule has 30 heavy (non-hydrogen) atoms. The number of pyridine rings is 1. The number of rotatable bonds is 7. The molecule has 2 saturated heterocycles. The lowest BCUT2D eigenvalue weighted by Crippen LogP contribution is -2.34. The average molecular weight is 452 g/mol. The highest BCUT2D eigenvalue weighted by molar-refractivity contribution is 7.89. The molecule has 0 bridgehead atoms. The van der Waals surface area contributed by atoms with Gasteiger partial charge in [0.25, 0.3) is 0 Å². The number of aliphatic hydroxyl groups is 6. The summed E-state index contributed by atoms with van der Waals surface area (Å²) in [5.74, 6) is -0.442. The fourth-order valence-electron chi connectivity index (χ4n) is 2.50. The Kier molecular flexibility index (Phi) is 9.79. The smallest absolute Gasteiger partial charge is 0.250 e. The van der Waals surface area contributed by atoms with E-state index >= 15 is 0 Å². The van der Waals surface area contributed by atoms with Crippen molar-refractivity contribution >= 4 is 18.2 Å². The Bertz CT molecular complexity index is 627. The summed E-state index contributed by atoms with van der Waals surface area (Å²) in [7, 11) is 0. The Balaban J connectivity index is 0.000000297. The summed E-state index contributed by atoms with van der Waals surface area (Å²) in [5.41, 5.74) is 5.38. The van der Waals surface area contributed by atoms with E-state index < -0.39 is 68.3 Å². The molecule has 1 aromatic rings. The number of ether oxygens (including phenoxy) is 2. The third-order valence-electron chi connectivity index (χ3n) is 4.21. The van der Waals surface area contributed by atoms with Crippen LogP contribution in [0.25, 0.3) is 0 Å². The number of aliphatic hydroxyl groups excluding tert-OH is 6. The van der Waals surface area contributed by atoms with Crippen LogP contribution in [0.3, 0.4) is 0 Å². The standard InChI is InChI=1S/C10H18O10S.C6H6N2O/c11-1-3-5(13)7(15)9(17-3)19-21-20-10-8(16)6(14)4(2-12)18-10;7-6(9)5-2-1-3-8-4-5/h3-16H,1-2H2;1-4H,(H2,7,9)/t3-,4-,5-,6-,7-,8-,9?,10?;/m1./s1. The highest BCUT2D eigenvalue weighted by Gasteiger charge is 2.46. The lowest BCUT2D eigenvalue weighted by atomic mass is 10.1. The Morgan fingerprint density at radius 1 is 1.00 bits per heavy atom. The zero-order valence-corrected chi connectivity index (χ0v) is 16.3. The van der Waals surface area contributed by atoms with Crippen LogP contribution in [0, 0.1) is 0 Å². The number of nitrogens with zero attached hydrogens (tertiary/aromatic N) is 1. The molecular weight excluding hydrogens is 428 g/mol. The van der Waals surface area contributed by atoms with Gasteiger partial charge in [-0.2, -0.15) is 0 Å². The molecule has 2 aliphatic rings. The molecule has 8 atom stereocenters. The molecule has 0 aliphatic carbocycles. The minimum Gasteiger partial charge on any atom is -0.394 e. The first kappa shape index (κ1) is 24.8. The van der Waals surface area contributed by atoms with Gasteiger partial charge in [-0.3, -0.25) is 18.1 Å². The summed E-state index contributed by atoms with van der Waals surface area (Å²) in [6.45, 7) is -0.975.